The van der Waals surface area contributed by atoms with E-state index in [0.717, 1.165) is 36.3 Å². The second-order valence-electron chi connectivity index (χ2n) is 7.10. The zero-order valence-electron chi connectivity index (χ0n) is 15.8. The molecule has 0 bridgehead atoms. The number of hydrogen-bond acceptors (Lipinski definition) is 4. The van der Waals surface area contributed by atoms with Gasteiger partial charge in [0, 0.05) is 30.2 Å². The minimum Gasteiger partial charge on any atom is -0.374 e. The number of rotatable bonds is 3. The molecule has 2 aliphatic heterocycles. The lowest BCUT2D eigenvalue weighted by Gasteiger charge is -2.32. The Morgan fingerprint density at radius 2 is 1.96 bits per heavy atom. The number of anilines is 3. The van der Waals surface area contributed by atoms with Crippen molar-refractivity contribution >= 4 is 35.5 Å². The fourth-order valence-corrected chi connectivity index (χ4v) is 3.73. The van der Waals surface area contributed by atoms with Crippen molar-refractivity contribution in [3.63, 3.8) is 0 Å². The maximum Gasteiger partial charge on any atom is 0.322 e. The topological polar surface area (TPSA) is 79.6 Å². The van der Waals surface area contributed by atoms with Gasteiger partial charge in [0.2, 0.25) is 0 Å². The van der Waals surface area contributed by atoms with Crippen molar-refractivity contribution < 1.29 is 9.53 Å². The van der Waals surface area contributed by atoms with Gasteiger partial charge in [-0.1, -0.05) is 24.3 Å². The third-order valence-corrected chi connectivity index (χ3v) is 5.23. The van der Waals surface area contributed by atoms with E-state index in [2.05, 4.69) is 34.9 Å². The minimum atomic E-state index is -0.0886. The van der Waals surface area contributed by atoms with Crippen LogP contribution in [-0.2, 0) is 17.6 Å². The summed E-state index contributed by atoms with van der Waals surface area (Å²) < 4.78 is 5.66. The molecule has 2 heterocycles. The highest BCUT2D eigenvalue weighted by Gasteiger charge is 2.24. The summed E-state index contributed by atoms with van der Waals surface area (Å²) in [6, 6.07) is 14.4. The number of carbonyl (C=O) groups is 1. The molecule has 0 saturated carbocycles. The molecule has 1 saturated heterocycles. The number of aryl methyl sites for hydroxylation is 2. The van der Waals surface area contributed by atoms with Crippen LogP contribution in [0.4, 0.5) is 21.9 Å². The predicted octanol–water partition coefficient (Wildman–Crippen LogP) is 3.53. The molecule has 1 unspecified atom stereocenters. The average Bonchev–Trinajstić information content (AvgIpc) is 2.87. The van der Waals surface area contributed by atoms with E-state index in [-0.39, 0.29) is 24.5 Å². The lowest BCUT2D eigenvalue weighted by Crippen LogP contribution is -2.47. The number of fused-ring (bicyclic) bond motifs is 2. The van der Waals surface area contributed by atoms with E-state index in [9.17, 15) is 4.79 Å². The Morgan fingerprint density at radius 3 is 2.79 bits per heavy atom. The number of morpholine rings is 1. The summed E-state index contributed by atoms with van der Waals surface area (Å²) in [5.74, 6) is 0. The summed E-state index contributed by atoms with van der Waals surface area (Å²) in [7, 11) is 0. The minimum absolute atomic E-state index is 0. The monoisotopic (exact) mass is 402 g/mol. The molecule has 6 nitrogen and oxygen atoms in total. The molecule has 2 aromatic carbocycles. The number of carbonyl (C=O) groups excluding carboxylic acids is 1. The molecule has 1 atom stereocenters. The number of para-hydroxylation sites is 1. The molecule has 0 aromatic heterocycles. The summed E-state index contributed by atoms with van der Waals surface area (Å²) >= 11 is 0. The standard InChI is InChI=1S/C21H26N4O2.ClH/c22-10-9-18-14-25(11-12-27-18)21(26)23-17-8-7-16-6-5-15-3-1-2-4-19(15)24-20(16)13-17;/h1-4,7-8,13,18,24H,5-6,9-12,14,22H2,(H,23,26);1H. The van der Waals surface area contributed by atoms with Crippen LogP contribution in [0.2, 0.25) is 0 Å². The molecule has 2 amide bonds. The number of nitrogens with one attached hydrogen (secondary N) is 2. The van der Waals surface area contributed by atoms with E-state index >= 15 is 0 Å². The lowest BCUT2D eigenvalue weighted by atomic mass is 10.0. The summed E-state index contributed by atoms with van der Waals surface area (Å²) in [6.07, 6.45) is 2.79. The number of nitrogens with two attached hydrogens (primary N) is 1. The summed E-state index contributed by atoms with van der Waals surface area (Å²) in [4.78, 5) is 14.5. The second kappa shape index (κ2) is 9.28. The molecule has 7 heteroatoms. The first-order valence-corrected chi connectivity index (χ1v) is 9.58. The van der Waals surface area contributed by atoms with Crippen molar-refractivity contribution in [1.82, 2.24) is 4.90 Å². The van der Waals surface area contributed by atoms with Gasteiger partial charge in [0.25, 0.3) is 0 Å². The molecule has 28 heavy (non-hydrogen) atoms. The molecule has 2 aromatic rings. The predicted molar refractivity (Wildman–Crippen MR) is 115 cm³/mol. The number of benzene rings is 2. The molecular formula is C21H27ClN4O2. The molecule has 0 radical (unpaired) electrons. The maximum absolute atomic E-state index is 12.7. The molecule has 1 fully saturated rings. The van der Waals surface area contributed by atoms with Crippen LogP contribution in [0.1, 0.15) is 17.5 Å². The van der Waals surface area contributed by atoms with Crippen LogP contribution in [0.5, 0.6) is 0 Å². The molecule has 4 rings (SSSR count). The number of nitrogens with zero attached hydrogens (tertiary/aromatic N) is 1. The van der Waals surface area contributed by atoms with Crippen molar-refractivity contribution in [1.29, 1.82) is 0 Å². The Kier molecular flexibility index (Phi) is 6.78. The largest absolute Gasteiger partial charge is 0.374 e. The Bertz CT molecular complexity index is 828. The first-order chi connectivity index (χ1) is 13.2. The summed E-state index contributed by atoms with van der Waals surface area (Å²) in [5.41, 5.74) is 11.2. The van der Waals surface area contributed by atoms with Gasteiger partial charge < -0.3 is 26.0 Å². The zero-order valence-corrected chi connectivity index (χ0v) is 16.6. The van der Waals surface area contributed by atoms with Gasteiger partial charge in [-0.15, -0.1) is 12.4 Å². The summed E-state index contributed by atoms with van der Waals surface area (Å²) in [6.45, 7) is 2.31. The van der Waals surface area contributed by atoms with Gasteiger partial charge in [0.15, 0.2) is 0 Å². The molecule has 150 valence electrons. The maximum atomic E-state index is 12.7. The molecule has 0 aliphatic carbocycles. The fourth-order valence-electron chi connectivity index (χ4n) is 3.73. The van der Waals surface area contributed by atoms with Gasteiger partial charge in [-0.3, -0.25) is 0 Å². The van der Waals surface area contributed by atoms with Crippen molar-refractivity contribution in [2.24, 2.45) is 5.73 Å². The van der Waals surface area contributed by atoms with Crippen molar-refractivity contribution in [3.05, 3.63) is 53.6 Å². The number of urea groups is 1. The smallest absolute Gasteiger partial charge is 0.322 e. The van der Waals surface area contributed by atoms with Gasteiger partial charge in [0.1, 0.15) is 0 Å². The number of hydrogen-bond donors (Lipinski definition) is 3. The number of halogens is 1. The summed E-state index contributed by atoms with van der Waals surface area (Å²) in [5, 5.41) is 6.55. The van der Waals surface area contributed by atoms with Crippen LogP contribution in [0.15, 0.2) is 42.5 Å². The SMILES string of the molecule is Cl.NCCC1CN(C(=O)Nc2ccc3c(c2)Nc2ccccc2CC3)CCO1. The van der Waals surface area contributed by atoms with Crippen LogP contribution in [0.25, 0.3) is 0 Å². The fraction of sp³-hybridized carbons (Fsp3) is 0.381. The molecule has 0 spiro atoms. The lowest BCUT2D eigenvalue weighted by molar-refractivity contribution is -0.0146. The van der Waals surface area contributed by atoms with E-state index in [1.54, 1.807) is 4.90 Å². The van der Waals surface area contributed by atoms with E-state index in [1.165, 1.54) is 11.1 Å². The third-order valence-electron chi connectivity index (χ3n) is 5.23. The van der Waals surface area contributed by atoms with Crippen LogP contribution in [0.3, 0.4) is 0 Å². The van der Waals surface area contributed by atoms with E-state index in [0.29, 0.717) is 26.2 Å². The van der Waals surface area contributed by atoms with Gasteiger partial charge >= 0.3 is 6.03 Å². The van der Waals surface area contributed by atoms with Crippen LogP contribution in [0, 0.1) is 0 Å². The Hall–Kier alpha value is -2.28. The Morgan fingerprint density at radius 1 is 1.18 bits per heavy atom. The first-order valence-electron chi connectivity index (χ1n) is 9.58. The average molecular weight is 403 g/mol. The van der Waals surface area contributed by atoms with Crippen LogP contribution in [-0.4, -0.2) is 43.3 Å². The van der Waals surface area contributed by atoms with Crippen LogP contribution < -0.4 is 16.4 Å². The van der Waals surface area contributed by atoms with Crippen molar-refractivity contribution in [2.45, 2.75) is 25.4 Å². The first kappa shape index (κ1) is 20.5. The molecule has 4 N–H and O–H groups in total. The van der Waals surface area contributed by atoms with Gasteiger partial charge in [-0.05, 0) is 55.1 Å². The third kappa shape index (κ3) is 4.58. The normalized spacial score (nSPS) is 18.0. The highest BCUT2D eigenvalue weighted by molar-refractivity contribution is 5.90. The zero-order chi connectivity index (χ0) is 18.6. The highest BCUT2D eigenvalue weighted by atomic mass is 35.5. The van der Waals surface area contributed by atoms with Gasteiger partial charge in [-0.25, -0.2) is 4.79 Å². The van der Waals surface area contributed by atoms with Crippen molar-refractivity contribution in [2.75, 3.05) is 36.9 Å². The Labute approximate surface area is 171 Å². The quantitative estimate of drug-likeness (QED) is 0.733. The number of amides is 2. The molecular weight excluding hydrogens is 376 g/mol. The van der Waals surface area contributed by atoms with E-state index in [1.807, 2.05) is 18.2 Å². The van der Waals surface area contributed by atoms with E-state index in [4.69, 9.17) is 10.5 Å². The van der Waals surface area contributed by atoms with Gasteiger partial charge in [-0.2, -0.15) is 0 Å². The molecule has 2 aliphatic rings. The second-order valence-corrected chi connectivity index (χ2v) is 7.10. The Balaban J connectivity index is 0.00000225. The highest BCUT2D eigenvalue weighted by Crippen LogP contribution is 2.31. The number of ether oxygens (including phenoxy) is 1. The van der Waals surface area contributed by atoms with Gasteiger partial charge in [0.05, 0.1) is 12.7 Å². The van der Waals surface area contributed by atoms with Crippen LogP contribution >= 0.6 is 12.4 Å². The van der Waals surface area contributed by atoms with E-state index < -0.39 is 0 Å². The van der Waals surface area contributed by atoms with Crippen molar-refractivity contribution in [3.8, 4) is 0 Å².